The molecule has 0 bridgehead atoms. The number of hydrazone groups is 1. The van der Waals surface area contributed by atoms with Gasteiger partial charge >= 0.3 is 6.18 Å². The van der Waals surface area contributed by atoms with Crippen LogP contribution in [0.4, 0.5) is 18.9 Å². The molecule has 0 aliphatic carbocycles. The van der Waals surface area contributed by atoms with Crippen molar-refractivity contribution in [3.8, 4) is 12.1 Å². The summed E-state index contributed by atoms with van der Waals surface area (Å²) in [5.41, 5.74) is 0.511. The van der Waals surface area contributed by atoms with Gasteiger partial charge in [0.05, 0.1) is 21.3 Å². The average Bonchev–Trinajstić information content (AvgIpc) is 2.31. The molecule has 9 heteroatoms. The van der Waals surface area contributed by atoms with Gasteiger partial charge in [0.15, 0.2) is 0 Å². The van der Waals surface area contributed by atoms with Gasteiger partial charge in [-0.25, -0.2) is 0 Å². The summed E-state index contributed by atoms with van der Waals surface area (Å²) >= 11 is 11.3. The van der Waals surface area contributed by atoms with E-state index in [1.165, 1.54) is 12.1 Å². The monoisotopic (exact) mass is 306 g/mol. The van der Waals surface area contributed by atoms with E-state index >= 15 is 0 Å². The Bertz CT molecular complexity index is 572. The molecule has 0 aliphatic rings. The first-order valence-electron chi connectivity index (χ1n) is 4.49. The highest BCUT2D eigenvalue weighted by atomic mass is 35.5. The maximum atomic E-state index is 12.5. The smallest absolute Gasteiger partial charge is 0.273 e. The van der Waals surface area contributed by atoms with Crippen LogP contribution in [0.15, 0.2) is 17.2 Å². The van der Waals surface area contributed by atoms with Crippen LogP contribution < -0.4 is 5.43 Å². The molecule has 98 valence electrons. The average molecular weight is 307 g/mol. The fraction of sp³-hybridized carbons (Fsp3) is 0.100. The first-order chi connectivity index (χ1) is 8.79. The van der Waals surface area contributed by atoms with Crippen molar-refractivity contribution < 1.29 is 13.2 Å². The molecule has 0 atom stereocenters. The van der Waals surface area contributed by atoms with Crippen molar-refractivity contribution in [2.24, 2.45) is 5.10 Å². The van der Waals surface area contributed by atoms with Crippen LogP contribution in [0.2, 0.25) is 10.0 Å². The summed E-state index contributed by atoms with van der Waals surface area (Å²) in [5, 5.41) is 19.5. The number of alkyl halides is 3. The molecule has 0 saturated carbocycles. The van der Waals surface area contributed by atoms with Gasteiger partial charge in [0, 0.05) is 0 Å². The summed E-state index contributed by atoms with van der Waals surface area (Å²) in [7, 11) is 0. The lowest BCUT2D eigenvalue weighted by Gasteiger charge is -2.11. The second-order valence-electron chi connectivity index (χ2n) is 3.11. The zero-order valence-electron chi connectivity index (χ0n) is 8.89. The van der Waals surface area contributed by atoms with Crippen molar-refractivity contribution in [3.05, 3.63) is 27.7 Å². The standard InChI is InChI=1S/C10H3Cl2F3N4/c11-7-1-5(10(13,14)15)2-8(12)9(7)19-18-6(3-16)4-17/h1-2,19H. The highest BCUT2D eigenvalue weighted by Crippen LogP contribution is 2.38. The third-order valence-electron chi connectivity index (χ3n) is 1.86. The number of hydrogen-bond acceptors (Lipinski definition) is 4. The summed E-state index contributed by atoms with van der Waals surface area (Å²) in [6.07, 6.45) is -4.58. The normalized spacial score (nSPS) is 10.3. The Morgan fingerprint density at radius 2 is 1.63 bits per heavy atom. The van der Waals surface area contributed by atoms with E-state index in [1.807, 2.05) is 0 Å². The molecule has 0 aliphatic heterocycles. The van der Waals surface area contributed by atoms with Gasteiger partial charge in [-0.3, -0.25) is 5.43 Å². The van der Waals surface area contributed by atoms with E-state index in [-0.39, 0.29) is 15.7 Å². The first-order valence-corrected chi connectivity index (χ1v) is 5.25. The van der Waals surface area contributed by atoms with E-state index in [2.05, 4.69) is 10.5 Å². The van der Waals surface area contributed by atoms with Crippen molar-refractivity contribution >= 4 is 34.6 Å². The van der Waals surface area contributed by atoms with Gasteiger partial charge in [0.1, 0.15) is 12.1 Å². The van der Waals surface area contributed by atoms with E-state index in [0.717, 1.165) is 0 Å². The quantitative estimate of drug-likeness (QED) is 0.666. The molecule has 1 rings (SSSR count). The van der Waals surface area contributed by atoms with Crippen molar-refractivity contribution in [3.63, 3.8) is 0 Å². The molecule has 0 aromatic heterocycles. The molecular formula is C10H3Cl2F3N4. The number of nitriles is 2. The van der Waals surface area contributed by atoms with E-state index in [0.29, 0.717) is 12.1 Å². The molecule has 1 aromatic rings. The molecule has 1 N–H and O–H groups in total. The predicted molar refractivity (Wildman–Crippen MR) is 63.7 cm³/mol. The fourth-order valence-corrected chi connectivity index (χ4v) is 1.60. The molecule has 1 aromatic carbocycles. The first kappa shape index (κ1) is 15.1. The minimum absolute atomic E-state index is 0.126. The van der Waals surface area contributed by atoms with Crippen LogP contribution in [-0.2, 0) is 6.18 Å². The van der Waals surface area contributed by atoms with Gasteiger partial charge in [-0.2, -0.15) is 28.8 Å². The van der Waals surface area contributed by atoms with Crippen LogP contribution >= 0.6 is 23.2 Å². The Balaban J connectivity index is 3.17. The maximum absolute atomic E-state index is 12.5. The van der Waals surface area contributed by atoms with Crippen LogP contribution in [-0.4, -0.2) is 5.71 Å². The topological polar surface area (TPSA) is 72.0 Å². The number of anilines is 1. The number of hydrogen-bond donors (Lipinski definition) is 1. The molecule has 0 heterocycles. The Kier molecular flexibility index (Phi) is 4.60. The van der Waals surface area contributed by atoms with Crippen molar-refractivity contribution in [2.75, 3.05) is 5.43 Å². The summed E-state index contributed by atoms with van der Waals surface area (Å²) < 4.78 is 37.4. The lowest BCUT2D eigenvalue weighted by atomic mass is 10.2. The number of halogens is 5. The Hall–Kier alpha value is -1.96. The highest BCUT2D eigenvalue weighted by molar-refractivity contribution is 6.39. The molecule has 0 saturated heterocycles. The predicted octanol–water partition coefficient (Wildman–Crippen LogP) is 3.83. The molecule has 0 unspecified atom stereocenters. The zero-order chi connectivity index (χ0) is 14.6. The van der Waals surface area contributed by atoms with Crippen LogP contribution in [0.3, 0.4) is 0 Å². The van der Waals surface area contributed by atoms with Gasteiger partial charge < -0.3 is 0 Å². The van der Waals surface area contributed by atoms with Gasteiger partial charge in [-0.1, -0.05) is 23.2 Å². The lowest BCUT2D eigenvalue weighted by molar-refractivity contribution is -0.137. The maximum Gasteiger partial charge on any atom is 0.416 e. The molecular weight excluding hydrogens is 304 g/mol. The third kappa shape index (κ3) is 3.75. The van der Waals surface area contributed by atoms with Crippen molar-refractivity contribution in [1.29, 1.82) is 10.5 Å². The van der Waals surface area contributed by atoms with Crippen molar-refractivity contribution in [1.82, 2.24) is 0 Å². The zero-order valence-corrected chi connectivity index (χ0v) is 10.4. The third-order valence-corrected chi connectivity index (χ3v) is 2.46. The van der Waals surface area contributed by atoms with Crippen molar-refractivity contribution in [2.45, 2.75) is 6.18 Å². The van der Waals surface area contributed by atoms with E-state index in [4.69, 9.17) is 33.7 Å². The molecule has 4 nitrogen and oxygen atoms in total. The molecule has 0 spiro atoms. The van der Waals surface area contributed by atoms with Crippen LogP contribution in [0.25, 0.3) is 0 Å². The number of rotatable bonds is 2. The second kappa shape index (κ2) is 5.79. The molecule has 19 heavy (non-hydrogen) atoms. The largest absolute Gasteiger partial charge is 0.416 e. The number of nitrogens with one attached hydrogen (secondary N) is 1. The van der Waals surface area contributed by atoms with Crippen LogP contribution in [0.5, 0.6) is 0 Å². The number of nitrogens with zero attached hydrogens (tertiary/aromatic N) is 3. The van der Waals surface area contributed by atoms with Gasteiger partial charge in [-0.05, 0) is 12.1 Å². The Morgan fingerprint density at radius 1 is 1.16 bits per heavy atom. The SMILES string of the molecule is N#CC(C#N)=NNc1c(Cl)cc(C(F)(F)F)cc1Cl. The summed E-state index contributed by atoms with van der Waals surface area (Å²) in [4.78, 5) is 0. The molecule has 0 radical (unpaired) electrons. The molecule has 0 amide bonds. The van der Waals surface area contributed by atoms with E-state index in [1.54, 1.807) is 0 Å². The minimum Gasteiger partial charge on any atom is -0.273 e. The Labute approximate surface area is 115 Å². The van der Waals surface area contributed by atoms with E-state index < -0.39 is 17.5 Å². The molecule has 0 fully saturated rings. The highest BCUT2D eigenvalue weighted by Gasteiger charge is 2.32. The second-order valence-corrected chi connectivity index (χ2v) is 3.92. The minimum atomic E-state index is -4.58. The van der Waals surface area contributed by atoms with Gasteiger partial charge in [-0.15, -0.1) is 0 Å². The van der Waals surface area contributed by atoms with Crippen LogP contribution in [0.1, 0.15) is 5.56 Å². The Morgan fingerprint density at radius 3 is 2.00 bits per heavy atom. The van der Waals surface area contributed by atoms with Gasteiger partial charge in [0.2, 0.25) is 5.71 Å². The summed E-state index contributed by atoms with van der Waals surface area (Å²) in [6, 6.07) is 4.23. The van der Waals surface area contributed by atoms with Crippen LogP contribution in [0, 0.1) is 22.7 Å². The summed E-state index contributed by atoms with van der Waals surface area (Å²) in [6.45, 7) is 0. The lowest BCUT2D eigenvalue weighted by Crippen LogP contribution is -2.06. The summed E-state index contributed by atoms with van der Waals surface area (Å²) in [5.74, 6) is 0. The van der Waals surface area contributed by atoms with E-state index in [9.17, 15) is 13.2 Å². The number of benzene rings is 1. The fourth-order valence-electron chi connectivity index (χ4n) is 1.03. The van der Waals surface area contributed by atoms with Gasteiger partial charge in [0.25, 0.3) is 0 Å².